The highest BCUT2D eigenvalue weighted by Crippen LogP contribution is 2.33. The molecule has 2 heterocycles. The second-order valence-electron chi connectivity index (χ2n) is 36.4. The first-order valence-electron chi connectivity index (χ1n) is 48.1. The fourth-order valence-electron chi connectivity index (χ4n) is 15.7. The summed E-state index contributed by atoms with van der Waals surface area (Å²) in [6.07, 6.45) is 25.9. The van der Waals surface area contributed by atoms with E-state index >= 15 is 0 Å². The molecule has 28 nitrogen and oxygen atoms in total. The number of carbonyl (C=O) groups is 14. The van der Waals surface area contributed by atoms with Crippen LogP contribution in [0.25, 0.3) is 0 Å². The molecule has 3 rings (SSSR count). The van der Waals surface area contributed by atoms with Gasteiger partial charge in [0.2, 0.25) is 35.4 Å². The van der Waals surface area contributed by atoms with E-state index in [4.69, 9.17) is 33.2 Å². The number of carboxylic acids is 1. The topological polar surface area (TPSA) is 396 Å². The van der Waals surface area contributed by atoms with Crippen molar-refractivity contribution in [3.05, 3.63) is 35.9 Å². The van der Waals surface area contributed by atoms with Gasteiger partial charge in [0, 0.05) is 70.9 Å². The Bertz CT molecular complexity index is 3280. The van der Waals surface area contributed by atoms with E-state index in [0.29, 0.717) is 148 Å². The molecule has 1 aromatic carbocycles. The third-order valence-electron chi connectivity index (χ3n) is 22.7. The number of aliphatic carboxylic acids is 1. The Kier molecular flexibility index (Phi) is 60.8. The number of esters is 5. The third kappa shape index (κ3) is 54.8. The standard InChI is InChI=1S/C97H162N6O22/c1-11-75(61-69(2)3)93(114)119-59-43-26-27-44-60-120-96(117)80(63-71(6)7)102-88(110)56-38-25-24-34-52-85(107)99-58-42-40-50-79(95(116)123-66-74-46-30-28-31-47-74)101-87(109)54-36-22-15-14-20-33-51-84(106)98-57-41-39-49-78(92(112)113)100-86(108)53-35-21-16-17-23-37-55-89(111)103-81(64-72(8)9)97(118)125-83-68-122-90-82(67-121-91(83)90)124-94(115)76(62-70(4)5)65-77(105)48-32-19-13-12-18-29-45-73(10)104/h28,30-31,46-47,69-72,75-76,78-83,90-91H,11-27,29,32-45,48-68H2,1-10H3,(H,98,106)(H,99,107)(H,100,108)(H,101,109)(H,102,110)(H,103,111)(H,112,113). The molecule has 0 aromatic heterocycles. The molecule has 0 aliphatic carbocycles. The zero-order valence-corrected chi connectivity index (χ0v) is 78.0. The number of carboxylic acid groups (broad SMARTS) is 1. The zero-order valence-electron chi connectivity index (χ0n) is 78.0. The second kappa shape index (κ2) is 68.3. The van der Waals surface area contributed by atoms with Gasteiger partial charge in [0.1, 0.15) is 54.5 Å². The van der Waals surface area contributed by atoms with Gasteiger partial charge >= 0.3 is 35.8 Å². The molecule has 125 heavy (non-hydrogen) atoms. The van der Waals surface area contributed by atoms with E-state index in [9.17, 15) is 72.2 Å². The molecular weight excluding hydrogens is 1600 g/mol. The molecule has 0 bridgehead atoms. The number of ketones is 2. The number of hydrogen-bond acceptors (Lipinski definition) is 21. The lowest BCUT2D eigenvalue weighted by atomic mass is 9.91. The fourth-order valence-corrected chi connectivity index (χ4v) is 15.7. The number of hydrogen-bond donors (Lipinski definition) is 7. The van der Waals surface area contributed by atoms with Crippen molar-refractivity contribution < 1.29 is 105 Å². The average molecular weight is 1760 g/mol. The van der Waals surface area contributed by atoms with Crippen molar-refractivity contribution in [3.8, 4) is 0 Å². The molecule has 10 unspecified atom stereocenters. The maximum atomic E-state index is 13.6. The van der Waals surface area contributed by atoms with Gasteiger partial charge < -0.3 is 75.0 Å². The second-order valence-corrected chi connectivity index (χ2v) is 36.4. The lowest BCUT2D eigenvalue weighted by Crippen LogP contribution is -2.45. The van der Waals surface area contributed by atoms with Crippen LogP contribution in [0.4, 0.5) is 0 Å². The molecular formula is C97H162N6O22. The van der Waals surface area contributed by atoms with Crippen LogP contribution in [0.15, 0.2) is 30.3 Å². The number of carbonyl (C=O) groups excluding carboxylic acids is 13. The molecule has 712 valence electrons. The summed E-state index contributed by atoms with van der Waals surface area (Å²) >= 11 is 0. The number of rotatable bonds is 76. The lowest BCUT2D eigenvalue weighted by Gasteiger charge is -2.23. The molecule has 0 saturated carbocycles. The van der Waals surface area contributed by atoms with Crippen molar-refractivity contribution in [2.45, 2.75) is 420 Å². The van der Waals surface area contributed by atoms with Crippen LogP contribution < -0.4 is 31.9 Å². The summed E-state index contributed by atoms with van der Waals surface area (Å²) in [5.41, 5.74) is 0.820. The third-order valence-corrected chi connectivity index (χ3v) is 22.7. The normalized spacial score (nSPS) is 16.2. The van der Waals surface area contributed by atoms with Crippen molar-refractivity contribution in [3.63, 3.8) is 0 Å². The number of ether oxygens (including phenoxy) is 7. The zero-order chi connectivity index (χ0) is 91.9. The Hall–Kier alpha value is -7.88. The molecule has 2 aliphatic rings. The van der Waals surface area contributed by atoms with Crippen LogP contribution >= 0.6 is 0 Å². The average Bonchev–Trinajstić information content (AvgIpc) is 1.64. The van der Waals surface area contributed by atoms with Crippen LogP contribution in [0.5, 0.6) is 0 Å². The van der Waals surface area contributed by atoms with Gasteiger partial charge in [-0.2, -0.15) is 0 Å². The summed E-state index contributed by atoms with van der Waals surface area (Å²) in [5.74, 6) is -4.15. The molecule has 28 heteroatoms. The lowest BCUT2D eigenvalue weighted by molar-refractivity contribution is -0.161. The van der Waals surface area contributed by atoms with Gasteiger partial charge in [-0.25, -0.2) is 19.2 Å². The van der Waals surface area contributed by atoms with E-state index in [1.807, 2.05) is 78.8 Å². The van der Waals surface area contributed by atoms with E-state index in [-0.39, 0.29) is 142 Å². The van der Waals surface area contributed by atoms with Crippen LogP contribution in [-0.2, 0) is 107 Å². The predicted molar refractivity (Wildman–Crippen MR) is 479 cm³/mol. The van der Waals surface area contributed by atoms with Gasteiger partial charge in [0.25, 0.3) is 0 Å². The maximum absolute atomic E-state index is 13.6. The molecule has 2 saturated heterocycles. The predicted octanol–water partition coefficient (Wildman–Crippen LogP) is 15.7. The highest BCUT2D eigenvalue weighted by atomic mass is 16.7. The Morgan fingerprint density at radius 2 is 0.720 bits per heavy atom. The van der Waals surface area contributed by atoms with Crippen LogP contribution in [-0.4, -0.2) is 176 Å². The number of fused-ring (bicyclic) bond motifs is 1. The summed E-state index contributed by atoms with van der Waals surface area (Å²) in [4.78, 5) is 180. The van der Waals surface area contributed by atoms with Crippen molar-refractivity contribution in [2.75, 3.05) is 39.5 Å². The fraction of sp³-hybridized carbons (Fsp3) is 0.794. The smallest absolute Gasteiger partial charge is 0.329 e. The quantitative estimate of drug-likeness (QED) is 0.0181. The van der Waals surface area contributed by atoms with Gasteiger partial charge in [-0.05, 0) is 184 Å². The number of Topliss-reactive ketones (excluding diaryl/α,β-unsaturated/α-hetero) is 2. The van der Waals surface area contributed by atoms with Gasteiger partial charge in [0.05, 0.1) is 38.3 Å². The molecule has 0 radical (unpaired) electrons. The highest BCUT2D eigenvalue weighted by Gasteiger charge is 2.52. The minimum Gasteiger partial charge on any atom is -0.480 e. The molecule has 10 atom stereocenters. The van der Waals surface area contributed by atoms with Gasteiger partial charge in [-0.3, -0.25) is 43.2 Å². The summed E-state index contributed by atoms with van der Waals surface area (Å²) < 4.78 is 40.5. The van der Waals surface area contributed by atoms with E-state index in [1.54, 1.807) is 6.92 Å². The number of nitrogens with one attached hydrogen (secondary N) is 6. The number of amides is 6. The summed E-state index contributed by atoms with van der Waals surface area (Å²) in [7, 11) is 0. The monoisotopic (exact) mass is 1760 g/mol. The Balaban J connectivity index is 1.22. The molecule has 2 aliphatic heterocycles. The first-order valence-corrected chi connectivity index (χ1v) is 48.1. The molecule has 7 N–H and O–H groups in total. The van der Waals surface area contributed by atoms with E-state index in [2.05, 4.69) is 45.7 Å². The summed E-state index contributed by atoms with van der Waals surface area (Å²) in [6.45, 7) is 21.3. The van der Waals surface area contributed by atoms with Crippen LogP contribution in [0.1, 0.15) is 370 Å². The minimum atomic E-state index is -1.12. The molecule has 1 aromatic rings. The number of benzene rings is 1. The highest BCUT2D eigenvalue weighted by molar-refractivity contribution is 5.87. The molecule has 0 spiro atoms. The van der Waals surface area contributed by atoms with Crippen LogP contribution in [0.2, 0.25) is 0 Å². The van der Waals surface area contributed by atoms with Crippen molar-refractivity contribution in [2.24, 2.45) is 35.5 Å². The first kappa shape index (κ1) is 111. The number of unbranched alkanes of at least 4 members (excludes halogenated alkanes) is 23. The van der Waals surface area contributed by atoms with Gasteiger partial charge in [0.15, 0.2) is 12.2 Å². The van der Waals surface area contributed by atoms with E-state index < -0.39 is 84.3 Å². The van der Waals surface area contributed by atoms with Crippen molar-refractivity contribution in [1.82, 2.24) is 31.9 Å². The molecule has 2 fully saturated rings. The van der Waals surface area contributed by atoms with Gasteiger partial charge in [-0.15, -0.1) is 0 Å². The minimum absolute atomic E-state index is 0.0268. The summed E-state index contributed by atoms with van der Waals surface area (Å²) in [6, 6.07) is 5.77. The van der Waals surface area contributed by atoms with E-state index in [1.165, 1.54) is 0 Å². The largest absolute Gasteiger partial charge is 0.480 e. The van der Waals surface area contributed by atoms with Crippen LogP contribution in [0, 0.1) is 35.5 Å². The van der Waals surface area contributed by atoms with Gasteiger partial charge in [-0.1, -0.05) is 183 Å². The SMILES string of the molecule is CCC(CC(C)C)C(=O)OCCCCCCOC(=O)C(CC(C)C)NC(=O)CCCCCCC(=O)NCCCCC(NC(=O)CCCCCCCCC(=O)NCCCCC(NC(=O)CCCCCCCCC(=O)NC(CC(C)C)C(=O)OC1COC2C(OC(=O)C(CC(=O)CCCCCCCCC(C)=O)CC(C)C)COC12)C(=O)O)C(=O)OCc1ccccc1. The Labute approximate surface area is 747 Å². The first-order chi connectivity index (χ1) is 59.9. The van der Waals surface area contributed by atoms with Crippen LogP contribution in [0.3, 0.4) is 0 Å². The van der Waals surface area contributed by atoms with Crippen molar-refractivity contribution >= 4 is 82.8 Å². The van der Waals surface area contributed by atoms with E-state index in [0.717, 1.165) is 140 Å². The summed E-state index contributed by atoms with van der Waals surface area (Å²) in [5, 5.41) is 27.0. The Morgan fingerprint density at radius 1 is 0.368 bits per heavy atom. The molecule has 6 amide bonds. The Morgan fingerprint density at radius 3 is 1.14 bits per heavy atom. The van der Waals surface area contributed by atoms with Crippen molar-refractivity contribution in [1.29, 1.82) is 0 Å². The maximum Gasteiger partial charge on any atom is 0.329 e.